The zero-order valence-electron chi connectivity index (χ0n) is 8.45. The number of carboxylic acid groups (broad SMARTS) is 1. The second-order valence-electron chi connectivity index (χ2n) is 3.25. The Balaban J connectivity index is 2.49. The normalized spacial score (nSPS) is 10.3. The average molecular weight is 219 g/mol. The van der Waals surface area contributed by atoms with Gasteiger partial charge in [0.2, 0.25) is 0 Å². The van der Waals surface area contributed by atoms with Crippen molar-refractivity contribution in [1.82, 2.24) is 15.0 Å². The van der Waals surface area contributed by atoms with Gasteiger partial charge in [0, 0.05) is 6.07 Å². The fraction of sp³-hybridized carbons (Fsp3) is 0.100. The van der Waals surface area contributed by atoms with Crippen LogP contribution >= 0.6 is 0 Å². The molecule has 0 atom stereocenters. The Kier molecular flexibility index (Phi) is 2.32. The lowest BCUT2D eigenvalue weighted by molar-refractivity contribution is 0.0689. The molecule has 0 aliphatic heterocycles. The Hall–Kier alpha value is -2.37. The Morgan fingerprint density at radius 3 is 2.69 bits per heavy atom. The minimum atomic E-state index is -1.12. The minimum Gasteiger partial charge on any atom is -0.508 e. The molecular weight excluding hydrogens is 210 g/mol. The van der Waals surface area contributed by atoms with Crippen LogP contribution in [0.25, 0.3) is 5.69 Å². The van der Waals surface area contributed by atoms with Crippen molar-refractivity contribution >= 4 is 5.97 Å². The number of aromatic carboxylic acids is 1. The molecule has 6 heteroatoms. The standard InChI is InChI=1S/C10H9N3O3/c1-6-9(10(15)16)12-13(11-6)7-3-2-4-8(14)5-7/h2-5,14H,1H3,(H,15,16). The van der Waals surface area contributed by atoms with E-state index in [1.54, 1.807) is 19.1 Å². The van der Waals surface area contributed by atoms with Crippen LogP contribution < -0.4 is 0 Å². The lowest BCUT2D eigenvalue weighted by atomic mass is 10.3. The molecule has 0 amide bonds. The zero-order chi connectivity index (χ0) is 11.7. The van der Waals surface area contributed by atoms with Crippen LogP contribution in [0.4, 0.5) is 0 Å². The van der Waals surface area contributed by atoms with Crippen LogP contribution in [0.2, 0.25) is 0 Å². The van der Waals surface area contributed by atoms with Crippen LogP contribution in [0.3, 0.4) is 0 Å². The van der Waals surface area contributed by atoms with E-state index in [1.807, 2.05) is 0 Å². The number of carbonyl (C=O) groups is 1. The highest BCUT2D eigenvalue weighted by atomic mass is 16.4. The molecule has 0 saturated carbocycles. The Bertz CT molecular complexity index is 548. The Labute approximate surface area is 90.8 Å². The number of rotatable bonds is 2. The number of aromatic nitrogens is 3. The van der Waals surface area contributed by atoms with Gasteiger partial charge < -0.3 is 10.2 Å². The van der Waals surface area contributed by atoms with E-state index >= 15 is 0 Å². The molecule has 0 unspecified atom stereocenters. The highest BCUT2D eigenvalue weighted by molar-refractivity contribution is 5.86. The number of nitrogens with zero attached hydrogens (tertiary/aromatic N) is 3. The van der Waals surface area contributed by atoms with Gasteiger partial charge in [0.15, 0.2) is 5.69 Å². The Morgan fingerprint density at radius 2 is 2.12 bits per heavy atom. The summed E-state index contributed by atoms with van der Waals surface area (Å²) in [5.74, 6) is -1.05. The summed E-state index contributed by atoms with van der Waals surface area (Å²) in [5.41, 5.74) is 0.745. The van der Waals surface area contributed by atoms with E-state index in [0.717, 1.165) is 0 Å². The summed E-state index contributed by atoms with van der Waals surface area (Å²) in [6, 6.07) is 6.26. The number of phenolic OH excluding ortho intramolecular Hbond substituents is 1. The van der Waals surface area contributed by atoms with Gasteiger partial charge in [-0.25, -0.2) is 4.79 Å². The first-order valence-electron chi connectivity index (χ1n) is 4.54. The van der Waals surface area contributed by atoms with E-state index < -0.39 is 5.97 Å². The van der Waals surface area contributed by atoms with Crippen LogP contribution in [0.15, 0.2) is 24.3 Å². The van der Waals surface area contributed by atoms with Gasteiger partial charge in [-0.05, 0) is 19.1 Å². The van der Waals surface area contributed by atoms with Gasteiger partial charge in [-0.15, -0.1) is 5.10 Å². The number of phenols is 1. The molecule has 0 saturated heterocycles. The van der Waals surface area contributed by atoms with Gasteiger partial charge >= 0.3 is 5.97 Å². The van der Waals surface area contributed by atoms with Gasteiger partial charge in [-0.2, -0.15) is 9.90 Å². The minimum absolute atomic E-state index is 0.0735. The molecule has 6 nitrogen and oxygen atoms in total. The highest BCUT2D eigenvalue weighted by Crippen LogP contribution is 2.14. The number of carboxylic acids is 1. The second kappa shape index (κ2) is 3.65. The molecule has 0 spiro atoms. The number of hydrogen-bond donors (Lipinski definition) is 2. The van der Waals surface area contributed by atoms with Crippen molar-refractivity contribution in [2.75, 3.05) is 0 Å². The van der Waals surface area contributed by atoms with Crippen molar-refractivity contribution in [2.24, 2.45) is 0 Å². The molecule has 1 aromatic heterocycles. The fourth-order valence-corrected chi connectivity index (χ4v) is 1.31. The summed E-state index contributed by atoms with van der Waals surface area (Å²) in [6.07, 6.45) is 0. The summed E-state index contributed by atoms with van der Waals surface area (Å²) in [7, 11) is 0. The maximum atomic E-state index is 10.8. The third-order valence-corrected chi connectivity index (χ3v) is 2.05. The quantitative estimate of drug-likeness (QED) is 0.785. The molecule has 2 N–H and O–H groups in total. The van der Waals surface area contributed by atoms with Crippen molar-refractivity contribution in [3.63, 3.8) is 0 Å². The lowest BCUT2D eigenvalue weighted by Gasteiger charge is -1.98. The SMILES string of the molecule is Cc1nn(-c2cccc(O)c2)nc1C(=O)O. The number of aromatic hydroxyl groups is 1. The van der Waals surface area contributed by atoms with Gasteiger partial charge in [-0.3, -0.25) is 0 Å². The van der Waals surface area contributed by atoms with E-state index in [1.165, 1.54) is 16.9 Å². The number of benzene rings is 1. The van der Waals surface area contributed by atoms with E-state index in [4.69, 9.17) is 5.11 Å². The largest absolute Gasteiger partial charge is 0.508 e. The zero-order valence-corrected chi connectivity index (χ0v) is 8.45. The average Bonchev–Trinajstić information content (AvgIpc) is 2.60. The first-order valence-corrected chi connectivity index (χ1v) is 4.54. The summed E-state index contributed by atoms with van der Waals surface area (Å²) in [6.45, 7) is 1.57. The topological polar surface area (TPSA) is 88.2 Å². The van der Waals surface area contributed by atoms with Crippen LogP contribution in [-0.2, 0) is 0 Å². The second-order valence-corrected chi connectivity index (χ2v) is 3.25. The van der Waals surface area contributed by atoms with Gasteiger partial charge in [0.1, 0.15) is 5.75 Å². The van der Waals surface area contributed by atoms with Gasteiger partial charge in [0.25, 0.3) is 0 Å². The van der Waals surface area contributed by atoms with E-state index in [2.05, 4.69) is 10.2 Å². The van der Waals surface area contributed by atoms with E-state index in [9.17, 15) is 9.90 Å². The van der Waals surface area contributed by atoms with Crippen molar-refractivity contribution in [3.8, 4) is 11.4 Å². The van der Waals surface area contributed by atoms with Crippen LogP contribution in [0.1, 0.15) is 16.2 Å². The molecule has 82 valence electrons. The molecule has 2 rings (SSSR count). The lowest BCUT2D eigenvalue weighted by Crippen LogP contribution is -2.02. The van der Waals surface area contributed by atoms with Crippen molar-refractivity contribution < 1.29 is 15.0 Å². The van der Waals surface area contributed by atoms with Crippen LogP contribution in [-0.4, -0.2) is 31.2 Å². The summed E-state index contributed by atoms with van der Waals surface area (Å²) < 4.78 is 0. The van der Waals surface area contributed by atoms with Crippen LogP contribution in [0, 0.1) is 6.92 Å². The Morgan fingerprint density at radius 1 is 1.38 bits per heavy atom. The van der Waals surface area contributed by atoms with Crippen molar-refractivity contribution in [3.05, 3.63) is 35.7 Å². The maximum Gasteiger partial charge on any atom is 0.358 e. The predicted octanol–water partition coefficient (Wildman–Crippen LogP) is 0.980. The van der Waals surface area contributed by atoms with Crippen LogP contribution in [0.5, 0.6) is 5.75 Å². The molecule has 0 aliphatic carbocycles. The molecule has 1 aromatic carbocycles. The molecule has 0 bridgehead atoms. The molecule has 16 heavy (non-hydrogen) atoms. The third-order valence-electron chi connectivity index (χ3n) is 2.05. The first-order chi connectivity index (χ1) is 7.58. The summed E-state index contributed by atoms with van der Waals surface area (Å²) >= 11 is 0. The molecule has 0 radical (unpaired) electrons. The third kappa shape index (κ3) is 1.72. The van der Waals surface area contributed by atoms with E-state index in [0.29, 0.717) is 11.4 Å². The summed E-state index contributed by atoms with van der Waals surface area (Å²) in [4.78, 5) is 11.9. The molecule has 2 aromatic rings. The number of hydrogen-bond acceptors (Lipinski definition) is 4. The molecule has 1 heterocycles. The van der Waals surface area contributed by atoms with E-state index in [-0.39, 0.29) is 11.4 Å². The summed E-state index contributed by atoms with van der Waals surface area (Å²) in [5, 5.41) is 25.9. The fourth-order valence-electron chi connectivity index (χ4n) is 1.31. The van der Waals surface area contributed by atoms with Gasteiger partial charge in [-0.1, -0.05) is 6.07 Å². The molecule has 0 aliphatic rings. The molecule has 0 fully saturated rings. The monoisotopic (exact) mass is 219 g/mol. The van der Waals surface area contributed by atoms with Crippen molar-refractivity contribution in [2.45, 2.75) is 6.92 Å². The maximum absolute atomic E-state index is 10.8. The molecular formula is C10H9N3O3. The van der Waals surface area contributed by atoms with Crippen molar-refractivity contribution in [1.29, 1.82) is 0 Å². The number of aryl methyl sites for hydroxylation is 1. The van der Waals surface area contributed by atoms with Gasteiger partial charge in [0.05, 0.1) is 11.4 Å². The predicted molar refractivity (Wildman–Crippen MR) is 54.7 cm³/mol. The first kappa shape index (κ1) is 10.2. The smallest absolute Gasteiger partial charge is 0.358 e. The highest BCUT2D eigenvalue weighted by Gasteiger charge is 2.14.